The highest BCUT2D eigenvalue weighted by Crippen LogP contribution is 2.35. The Hall–Kier alpha value is -2.13. The Balaban J connectivity index is 1.59. The Morgan fingerprint density at radius 1 is 1.03 bits per heavy atom. The minimum atomic E-state index is -3.63. The lowest BCUT2D eigenvalue weighted by molar-refractivity contribution is 0.0171. The summed E-state index contributed by atoms with van der Waals surface area (Å²) in [5.41, 5.74) is 2.63. The lowest BCUT2D eigenvalue weighted by atomic mass is 10.0. The van der Waals surface area contributed by atoms with Crippen LogP contribution >= 0.6 is 0 Å². The number of aryl methyl sites for hydroxylation is 2. The van der Waals surface area contributed by atoms with Crippen LogP contribution in [0.3, 0.4) is 0 Å². The number of hydrogen-bond acceptors (Lipinski definition) is 6. The molecular weight excluding hydrogens is 392 g/mol. The fourth-order valence-electron chi connectivity index (χ4n) is 3.73. The molecule has 0 aromatic heterocycles. The van der Waals surface area contributed by atoms with Gasteiger partial charge >= 0.3 is 0 Å². The summed E-state index contributed by atoms with van der Waals surface area (Å²) in [5.74, 6) is 1.41. The van der Waals surface area contributed by atoms with Crippen LogP contribution in [0, 0.1) is 13.8 Å². The van der Waals surface area contributed by atoms with Crippen molar-refractivity contribution in [2.75, 3.05) is 39.6 Å². The number of hydrogen-bond donors (Lipinski definition) is 1. The molecule has 4 rings (SSSR count). The van der Waals surface area contributed by atoms with E-state index in [1.54, 1.807) is 6.07 Å². The van der Waals surface area contributed by atoms with Crippen LogP contribution in [-0.2, 0) is 14.8 Å². The number of fused-ring (bicyclic) bond motifs is 1. The van der Waals surface area contributed by atoms with E-state index in [1.807, 2.05) is 44.2 Å². The minimum absolute atomic E-state index is 0.131. The second kappa shape index (κ2) is 8.31. The zero-order valence-corrected chi connectivity index (χ0v) is 17.5. The van der Waals surface area contributed by atoms with Crippen LogP contribution in [-0.4, -0.2) is 53.0 Å². The highest BCUT2D eigenvalue weighted by molar-refractivity contribution is 7.89. The summed E-state index contributed by atoms with van der Waals surface area (Å²) >= 11 is 0. The molecule has 29 heavy (non-hydrogen) atoms. The third-order valence-electron chi connectivity index (χ3n) is 5.37. The van der Waals surface area contributed by atoms with Crippen molar-refractivity contribution in [2.45, 2.75) is 24.8 Å². The number of rotatable bonds is 6. The number of ether oxygens (including phenoxy) is 3. The van der Waals surface area contributed by atoms with Crippen LogP contribution in [0.1, 0.15) is 22.7 Å². The van der Waals surface area contributed by atoms with Crippen molar-refractivity contribution >= 4 is 10.0 Å². The van der Waals surface area contributed by atoms with E-state index >= 15 is 0 Å². The molecule has 0 saturated carbocycles. The summed E-state index contributed by atoms with van der Waals surface area (Å²) in [6.45, 7) is 6.91. The molecule has 0 amide bonds. The zero-order chi connectivity index (χ0) is 20.4. The summed E-state index contributed by atoms with van der Waals surface area (Å²) in [7, 11) is -3.63. The van der Waals surface area contributed by atoms with Crippen molar-refractivity contribution in [1.82, 2.24) is 9.62 Å². The first kappa shape index (κ1) is 20.2. The summed E-state index contributed by atoms with van der Waals surface area (Å²) < 4.78 is 45.3. The molecule has 8 heteroatoms. The first-order chi connectivity index (χ1) is 13.9. The molecule has 156 valence electrons. The minimum Gasteiger partial charge on any atom is -0.454 e. The van der Waals surface area contributed by atoms with Gasteiger partial charge < -0.3 is 14.2 Å². The van der Waals surface area contributed by atoms with Gasteiger partial charge in [-0.05, 0) is 48.7 Å². The van der Waals surface area contributed by atoms with Gasteiger partial charge in [0.2, 0.25) is 16.8 Å². The SMILES string of the molecule is Cc1ccc(C)c(S(=O)(=O)NC[C@H](c2ccc3c(c2)OCO3)N2CCOCC2)c1. The third kappa shape index (κ3) is 4.40. The van der Waals surface area contributed by atoms with E-state index in [0.29, 0.717) is 29.6 Å². The predicted molar refractivity (Wildman–Crippen MR) is 109 cm³/mol. The first-order valence-corrected chi connectivity index (χ1v) is 11.2. The van der Waals surface area contributed by atoms with Gasteiger partial charge in [-0.1, -0.05) is 18.2 Å². The van der Waals surface area contributed by atoms with Crippen LogP contribution in [0.15, 0.2) is 41.3 Å². The first-order valence-electron chi connectivity index (χ1n) is 9.72. The molecule has 0 unspecified atom stereocenters. The van der Waals surface area contributed by atoms with Crippen molar-refractivity contribution in [2.24, 2.45) is 0 Å². The molecule has 7 nitrogen and oxygen atoms in total. The van der Waals surface area contributed by atoms with Gasteiger partial charge in [0.15, 0.2) is 11.5 Å². The summed E-state index contributed by atoms with van der Waals surface area (Å²) in [6.07, 6.45) is 0. The van der Waals surface area contributed by atoms with Crippen LogP contribution in [0.4, 0.5) is 0 Å². The summed E-state index contributed by atoms with van der Waals surface area (Å²) in [5, 5.41) is 0. The number of morpholine rings is 1. The van der Waals surface area contributed by atoms with E-state index < -0.39 is 10.0 Å². The van der Waals surface area contributed by atoms with E-state index in [1.165, 1.54) is 0 Å². The summed E-state index contributed by atoms with van der Waals surface area (Å²) in [6, 6.07) is 11.1. The largest absolute Gasteiger partial charge is 0.454 e. The van der Waals surface area contributed by atoms with Crippen molar-refractivity contribution in [3.05, 3.63) is 53.1 Å². The average molecular weight is 419 g/mol. The van der Waals surface area contributed by atoms with Crippen molar-refractivity contribution < 1.29 is 22.6 Å². The molecule has 1 atom stereocenters. The quantitative estimate of drug-likeness (QED) is 0.776. The molecule has 0 aliphatic carbocycles. The fraction of sp³-hybridized carbons (Fsp3) is 0.429. The van der Waals surface area contributed by atoms with E-state index in [4.69, 9.17) is 14.2 Å². The zero-order valence-electron chi connectivity index (χ0n) is 16.7. The Kier molecular flexibility index (Phi) is 5.78. The average Bonchev–Trinajstić information content (AvgIpc) is 3.18. The van der Waals surface area contributed by atoms with Crippen molar-refractivity contribution in [3.63, 3.8) is 0 Å². The van der Waals surface area contributed by atoms with E-state index in [2.05, 4.69) is 9.62 Å². The molecule has 2 aliphatic heterocycles. The maximum atomic E-state index is 13.0. The van der Waals surface area contributed by atoms with Gasteiger partial charge in [0.1, 0.15) is 0 Å². The lowest BCUT2D eigenvalue weighted by Gasteiger charge is -2.35. The van der Waals surface area contributed by atoms with E-state index in [0.717, 1.165) is 29.8 Å². The van der Waals surface area contributed by atoms with Gasteiger partial charge in [0.05, 0.1) is 18.1 Å². The van der Waals surface area contributed by atoms with E-state index in [9.17, 15) is 8.42 Å². The number of nitrogens with zero attached hydrogens (tertiary/aromatic N) is 1. The third-order valence-corrected chi connectivity index (χ3v) is 6.93. The number of nitrogens with one attached hydrogen (secondary N) is 1. The van der Waals surface area contributed by atoms with Crippen LogP contribution in [0.2, 0.25) is 0 Å². The van der Waals surface area contributed by atoms with E-state index in [-0.39, 0.29) is 19.4 Å². The van der Waals surface area contributed by atoms with Crippen molar-refractivity contribution in [3.8, 4) is 11.5 Å². The highest BCUT2D eigenvalue weighted by atomic mass is 32.2. The van der Waals surface area contributed by atoms with Crippen LogP contribution < -0.4 is 14.2 Å². The maximum absolute atomic E-state index is 13.0. The Bertz CT molecular complexity index is 987. The fourth-order valence-corrected chi connectivity index (χ4v) is 5.10. The predicted octanol–water partition coefficient (Wildman–Crippen LogP) is 2.38. The topological polar surface area (TPSA) is 77.1 Å². The van der Waals surface area contributed by atoms with Gasteiger partial charge in [0.25, 0.3) is 0 Å². The summed E-state index contributed by atoms with van der Waals surface area (Å²) in [4.78, 5) is 2.57. The molecule has 0 bridgehead atoms. The standard InChI is InChI=1S/C21H26N2O5S/c1-15-3-4-16(2)21(11-15)29(24,25)22-13-18(23-7-9-26-10-8-23)17-5-6-19-20(12-17)28-14-27-19/h3-6,11-12,18,22H,7-10,13-14H2,1-2H3/t18-/m1/s1. The van der Waals surface area contributed by atoms with Gasteiger partial charge in [-0.2, -0.15) is 0 Å². The molecule has 2 aliphatic rings. The molecule has 1 N–H and O–H groups in total. The van der Waals surface area contributed by atoms with Gasteiger partial charge in [-0.25, -0.2) is 13.1 Å². The number of benzene rings is 2. The van der Waals surface area contributed by atoms with Crippen LogP contribution in [0.5, 0.6) is 11.5 Å². The molecule has 2 aromatic carbocycles. The van der Waals surface area contributed by atoms with Gasteiger partial charge in [0, 0.05) is 25.7 Å². The Morgan fingerprint density at radius 3 is 2.59 bits per heavy atom. The molecule has 1 saturated heterocycles. The Labute approximate surface area is 171 Å². The molecule has 2 aromatic rings. The van der Waals surface area contributed by atoms with Crippen molar-refractivity contribution in [1.29, 1.82) is 0 Å². The molecule has 0 spiro atoms. The molecule has 0 radical (unpaired) electrons. The Morgan fingerprint density at radius 2 is 1.79 bits per heavy atom. The molecule has 1 fully saturated rings. The second-order valence-corrected chi connectivity index (χ2v) is 9.13. The monoisotopic (exact) mass is 418 g/mol. The lowest BCUT2D eigenvalue weighted by Crippen LogP contribution is -2.43. The highest BCUT2D eigenvalue weighted by Gasteiger charge is 2.27. The second-order valence-electron chi connectivity index (χ2n) is 7.40. The van der Waals surface area contributed by atoms with Gasteiger partial charge in [-0.15, -0.1) is 0 Å². The smallest absolute Gasteiger partial charge is 0.240 e. The van der Waals surface area contributed by atoms with Gasteiger partial charge in [-0.3, -0.25) is 4.90 Å². The van der Waals surface area contributed by atoms with Crippen LogP contribution in [0.25, 0.3) is 0 Å². The molecular formula is C21H26N2O5S. The maximum Gasteiger partial charge on any atom is 0.240 e. The molecule has 2 heterocycles. The number of sulfonamides is 1. The normalized spacial score (nSPS) is 18.0.